The van der Waals surface area contributed by atoms with Gasteiger partial charge < -0.3 is 10.8 Å². The second kappa shape index (κ2) is 3.79. The molecule has 1 aliphatic carbocycles. The summed E-state index contributed by atoms with van der Waals surface area (Å²) in [6.07, 6.45) is 0.844. The molecular formula is C12H15BrFNO. The Morgan fingerprint density at radius 2 is 2.25 bits per heavy atom. The lowest BCUT2D eigenvalue weighted by Crippen LogP contribution is -2.28. The summed E-state index contributed by atoms with van der Waals surface area (Å²) in [5.41, 5.74) is 6.35. The van der Waals surface area contributed by atoms with E-state index in [0.717, 1.165) is 16.5 Å². The molecular weight excluding hydrogens is 273 g/mol. The van der Waals surface area contributed by atoms with Crippen molar-refractivity contribution in [3.63, 3.8) is 0 Å². The van der Waals surface area contributed by atoms with Crippen LogP contribution in [-0.2, 0) is 5.41 Å². The van der Waals surface area contributed by atoms with E-state index in [9.17, 15) is 9.50 Å². The first kappa shape index (κ1) is 12.0. The molecule has 1 fully saturated rings. The van der Waals surface area contributed by atoms with Gasteiger partial charge in [0.25, 0.3) is 0 Å². The average molecular weight is 288 g/mol. The van der Waals surface area contributed by atoms with E-state index in [1.54, 1.807) is 6.07 Å². The minimum atomic E-state index is -0.262. The largest absolute Gasteiger partial charge is 0.396 e. The third-order valence-electron chi connectivity index (χ3n) is 3.96. The number of aliphatic hydroxyl groups is 1. The van der Waals surface area contributed by atoms with E-state index in [2.05, 4.69) is 22.9 Å². The van der Waals surface area contributed by atoms with Gasteiger partial charge >= 0.3 is 0 Å². The first-order chi connectivity index (χ1) is 7.49. The van der Waals surface area contributed by atoms with Crippen molar-refractivity contribution < 1.29 is 9.50 Å². The lowest BCUT2D eigenvalue weighted by atomic mass is 9.88. The van der Waals surface area contributed by atoms with Gasteiger partial charge in [0, 0.05) is 21.8 Å². The highest BCUT2D eigenvalue weighted by Crippen LogP contribution is 2.64. The van der Waals surface area contributed by atoms with Crippen molar-refractivity contribution in [2.45, 2.75) is 18.8 Å². The molecule has 1 aromatic carbocycles. The topological polar surface area (TPSA) is 46.2 Å². The average Bonchev–Trinajstić information content (AvgIpc) is 2.85. The van der Waals surface area contributed by atoms with Gasteiger partial charge in [-0.15, -0.1) is 0 Å². The van der Waals surface area contributed by atoms with Crippen molar-refractivity contribution >= 4 is 15.9 Å². The summed E-state index contributed by atoms with van der Waals surface area (Å²) in [4.78, 5) is 0. The molecule has 0 heterocycles. The van der Waals surface area contributed by atoms with Crippen LogP contribution in [0, 0.1) is 11.2 Å². The molecule has 0 radical (unpaired) electrons. The van der Waals surface area contributed by atoms with Crippen molar-refractivity contribution in [1.82, 2.24) is 0 Å². The Morgan fingerprint density at radius 3 is 2.69 bits per heavy atom. The quantitative estimate of drug-likeness (QED) is 0.895. The van der Waals surface area contributed by atoms with Crippen molar-refractivity contribution in [2.75, 3.05) is 13.2 Å². The van der Waals surface area contributed by atoms with E-state index >= 15 is 0 Å². The monoisotopic (exact) mass is 287 g/mol. The molecule has 2 nitrogen and oxygen atoms in total. The number of aliphatic hydroxyl groups excluding tert-OH is 1. The van der Waals surface area contributed by atoms with E-state index in [-0.39, 0.29) is 23.3 Å². The molecule has 0 saturated heterocycles. The van der Waals surface area contributed by atoms with Gasteiger partial charge in [0.2, 0.25) is 0 Å². The van der Waals surface area contributed by atoms with Crippen LogP contribution in [0.3, 0.4) is 0 Å². The highest BCUT2D eigenvalue weighted by molar-refractivity contribution is 9.10. The molecule has 0 spiro atoms. The smallest absolute Gasteiger partial charge is 0.124 e. The molecule has 1 aromatic rings. The fourth-order valence-electron chi connectivity index (χ4n) is 2.54. The Hall–Kier alpha value is -0.450. The van der Waals surface area contributed by atoms with Crippen LogP contribution in [0.5, 0.6) is 0 Å². The fraction of sp³-hybridized carbons (Fsp3) is 0.500. The normalized spacial score (nSPS) is 32.8. The highest BCUT2D eigenvalue weighted by atomic mass is 79.9. The lowest BCUT2D eigenvalue weighted by molar-refractivity contribution is 0.198. The van der Waals surface area contributed by atoms with Crippen LogP contribution in [0.2, 0.25) is 0 Å². The zero-order chi connectivity index (χ0) is 12.0. The Bertz CT molecular complexity index is 419. The highest BCUT2D eigenvalue weighted by Gasteiger charge is 2.64. The van der Waals surface area contributed by atoms with E-state index < -0.39 is 0 Å². The molecule has 0 bridgehead atoms. The minimum Gasteiger partial charge on any atom is -0.396 e. The van der Waals surface area contributed by atoms with Gasteiger partial charge in [-0.1, -0.05) is 28.9 Å². The zero-order valence-corrected chi connectivity index (χ0v) is 10.7. The Kier molecular flexibility index (Phi) is 2.85. The third-order valence-corrected chi connectivity index (χ3v) is 4.61. The number of halogens is 2. The van der Waals surface area contributed by atoms with Gasteiger partial charge in [-0.3, -0.25) is 0 Å². The van der Waals surface area contributed by atoms with Crippen molar-refractivity contribution in [3.8, 4) is 0 Å². The minimum absolute atomic E-state index is 0.0732. The Labute approximate surface area is 103 Å². The Morgan fingerprint density at radius 1 is 1.56 bits per heavy atom. The number of hydrogen-bond acceptors (Lipinski definition) is 2. The lowest BCUT2D eigenvalue weighted by Gasteiger charge is -2.21. The summed E-state index contributed by atoms with van der Waals surface area (Å²) in [5.74, 6) is -0.262. The number of benzene rings is 1. The van der Waals surface area contributed by atoms with E-state index in [4.69, 9.17) is 5.73 Å². The van der Waals surface area contributed by atoms with Crippen molar-refractivity contribution in [2.24, 2.45) is 11.1 Å². The van der Waals surface area contributed by atoms with Crippen LogP contribution in [0.25, 0.3) is 0 Å². The molecule has 1 aliphatic rings. The molecule has 0 aliphatic heterocycles. The van der Waals surface area contributed by atoms with Crippen LogP contribution >= 0.6 is 15.9 Å². The molecule has 0 aromatic heterocycles. The van der Waals surface area contributed by atoms with Crippen LogP contribution < -0.4 is 5.73 Å². The first-order valence-corrected chi connectivity index (χ1v) is 6.05. The van der Waals surface area contributed by atoms with Crippen LogP contribution in [0.15, 0.2) is 22.7 Å². The molecule has 1 saturated carbocycles. The summed E-state index contributed by atoms with van der Waals surface area (Å²) in [7, 11) is 0. The molecule has 16 heavy (non-hydrogen) atoms. The maximum absolute atomic E-state index is 13.0. The summed E-state index contributed by atoms with van der Waals surface area (Å²) >= 11 is 3.37. The number of rotatable bonds is 3. The molecule has 4 heteroatoms. The fourth-order valence-corrected chi connectivity index (χ4v) is 3.33. The summed E-state index contributed by atoms with van der Waals surface area (Å²) < 4.78 is 13.8. The second-order valence-corrected chi connectivity index (χ2v) is 5.63. The van der Waals surface area contributed by atoms with Crippen molar-refractivity contribution in [3.05, 3.63) is 34.1 Å². The van der Waals surface area contributed by atoms with Gasteiger partial charge in [-0.2, -0.15) is 0 Å². The number of hydrogen-bond donors (Lipinski definition) is 2. The SMILES string of the molecule is CC1(c2ccc(F)cc2Br)CC1(CN)CO. The summed E-state index contributed by atoms with van der Waals surface area (Å²) in [6, 6.07) is 4.67. The summed E-state index contributed by atoms with van der Waals surface area (Å²) in [6.45, 7) is 2.59. The summed E-state index contributed by atoms with van der Waals surface area (Å²) in [5, 5.41) is 9.43. The van der Waals surface area contributed by atoms with Gasteiger partial charge in [-0.05, 0) is 24.1 Å². The molecule has 2 atom stereocenters. The van der Waals surface area contributed by atoms with Crippen LogP contribution in [-0.4, -0.2) is 18.3 Å². The molecule has 3 N–H and O–H groups in total. The molecule has 0 amide bonds. The van der Waals surface area contributed by atoms with Gasteiger partial charge in [0.1, 0.15) is 5.82 Å². The van der Waals surface area contributed by atoms with Crippen LogP contribution in [0.1, 0.15) is 18.9 Å². The van der Waals surface area contributed by atoms with Crippen LogP contribution in [0.4, 0.5) is 4.39 Å². The van der Waals surface area contributed by atoms with E-state index in [1.165, 1.54) is 12.1 Å². The number of nitrogens with two attached hydrogens (primary N) is 1. The molecule has 2 unspecified atom stereocenters. The second-order valence-electron chi connectivity index (χ2n) is 4.78. The first-order valence-electron chi connectivity index (χ1n) is 5.25. The van der Waals surface area contributed by atoms with E-state index in [1.807, 2.05) is 0 Å². The maximum Gasteiger partial charge on any atom is 0.124 e. The van der Waals surface area contributed by atoms with E-state index in [0.29, 0.717) is 6.54 Å². The van der Waals surface area contributed by atoms with Gasteiger partial charge in [-0.25, -0.2) is 4.39 Å². The maximum atomic E-state index is 13.0. The van der Waals surface area contributed by atoms with Gasteiger partial charge in [0.05, 0.1) is 6.61 Å². The van der Waals surface area contributed by atoms with Crippen molar-refractivity contribution in [1.29, 1.82) is 0 Å². The predicted molar refractivity (Wildman–Crippen MR) is 64.6 cm³/mol. The third kappa shape index (κ3) is 1.51. The molecule has 2 rings (SSSR count). The zero-order valence-electron chi connectivity index (χ0n) is 9.13. The predicted octanol–water partition coefficient (Wildman–Crippen LogP) is 2.19. The Balaban J connectivity index is 2.40. The van der Waals surface area contributed by atoms with Gasteiger partial charge in [0.15, 0.2) is 0 Å². The molecule has 88 valence electrons. The standard InChI is InChI=1S/C12H15BrFNO/c1-11(5-12(11,6-15)7-16)9-3-2-8(14)4-10(9)13/h2-4,16H,5-7,15H2,1H3.